The third kappa shape index (κ3) is 4.50. The number of carbonyl (C=O) groups excluding carboxylic acids is 1. The van der Waals surface area contributed by atoms with Gasteiger partial charge in [0.1, 0.15) is 0 Å². The van der Waals surface area contributed by atoms with Gasteiger partial charge in [-0.05, 0) is 31.3 Å². The van der Waals surface area contributed by atoms with E-state index in [-0.39, 0.29) is 16.8 Å². The standard InChI is InChI=1S/C13H19N3O4S/c1-14-21(18,19)12-4-2-10(3-5-12)16-13(17)8-11-9-20-7-6-15-11/h2-5,11,14-15H,6-9H2,1H3,(H,16,17). The maximum Gasteiger partial charge on any atom is 0.240 e. The fourth-order valence-corrected chi connectivity index (χ4v) is 2.75. The summed E-state index contributed by atoms with van der Waals surface area (Å²) in [5, 5.41) is 5.94. The first-order valence-electron chi connectivity index (χ1n) is 6.66. The molecule has 8 heteroatoms. The molecule has 1 aliphatic heterocycles. The van der Waals surface area contributed by atoms with Crippen LogP contribution in [-0.2, 0) is 19.6 Å². The van der Waals surface area contributed by atoms with Crippen LogP contribution >= 0.6 is 0 Å². The third-order valence-corrected chi connectivity index (χ3v) is 4.58. The minimum absolute atomic E-state index is 0.0164. The van der Waals surface area contributed by atoms with Crippen molar-refractivity contribution in [3.8, 4) is 0 Å². The SMILES string of the molecule is CNS(=O)(=O)c1ccc(NC(=O)CC2COCCN2)cc1. The van der Waals surface area contributed by atoms with Crippen LogP contribution in [0.1, 0.15) is 6.42 Å². The van der Waals surface area contributed by atoms with Crippen molar-refractivity contribution < 1.29 is 17.9 Å². The molecule has 1 saturated heterocycles. The predicted molar refractivity (Wildman–Crippen MR) is 78.5 cm³/mol. The van der Waals surface area contributed by atoms with Crippen LogP contribution in [0.5, 0.6) is 0 Å². The number of amides is 1. The van der Waals surface area contributed by atoms with Gasteiger partial charge in [-0.3, -0.25) is 4.79 Å². The third-order valence-electron chi connectivity index (χ3n) is 3.15. The summed E-state index contributed by atoms with van der Waals surface area (Å²) in [6, 6.07) is 6.04. The zero-order valence-corrected chi connectivity index (χ0v) is 12.6. The van der Waals surface area contributed by atoms with Crippen molar-refractivity contribution >= 4 is 21.6 Å². The van der Waals surface area contributed by atoms with E-state index in [1.165, 1.54) is 19.2 Å². The highest BCUT2D eigenvalue weighted by molar-refractivity contribution is 7.89. The topological polar surface area (TPSA) is 96.5 Å². The van der Waals surface area contributed by atoms with E-state index in [1.54, 1.807) is 12.1 Å². The molecule has 1 amide bonds. The van der Waals surface area contributed by atoms with Gasteiger partial charge in [0.05, 0.1) is 18.1 Å². The van der Waals surface area contributed by atoms with Gasteiger partial charge >= 0.3 is 0 Å². The molecule has 1 aromatic carbocycles. The van der Waals surface area contributed by atoms with Gasteiger partial charge in [0, 0.05) is 24.7 Å². The molecular weight excluding hydrogens is 294 g/mol. The second-order valence-corrected chi connectivity index (χ2v) is 6.60. The fourth-order valence-electron chi connectivity index (χ4n) is 2.02. The Morgan fingerprint density at radius 1 is 1.38 bits per heavy atom. The average molecular weight is 313 g/mol. The summed E-state index contributed by atoms with van der Waals surface area (Å²) in [6.07, 6.45) is 0.316. The van der Waals surface area contributed by atoms with Crippen LogP contribution in [0.2, 0.25) is 0 Å². The number of nitrogens with one attached hydrogen (secondary N) is 3. The average Bonchev–Trinajstić information content (AvgIpc) is 2.48. The largest absolute Gasteiger partial charge is 0.378 e. The molecule has 1 fully saturated rings. The van der Waals surface area contributed by atoms with Gasteiger partial charge in [0.2, 0.25) is 15.9 Å². The van der Waals surface area contributed by atoms with Crippen molar-refractivity contribution in [3.63, 3.8) is 0 Å². The summed E-state index contributed by atoms with van der Waals surface area (Å²) < 4.78 is 30.7. The second kappa shape index (κ2) is 6.99. The summed E-state index contributed by atoms with van der Waals surface area (Å²) in [7, 11) is -2.10. The highest BCUT2D eigenvalue weighted by atomic mass is 32.2. The Balaban J connectivity index is 1.92. The molecule has 0 radical (unpaired) electrons. The van der Waals surface area contributed by atoms with Gasteiger partial charge in [-0.25, -0.2) is 13.1 Å². The summed E-state index contributed by atoms with van der Waals surface area (Å²) in [4.78, 5) is 12.0. The predicted octanol–water partition coefficient (Wildman–Crippen LogP) is -0.0883. The highest BCUT2D eigenvalue weighted by Crippen LogP contribution is 2.14. The summed E-state index contributed by atoms with van der Waals surface area (Å²) in [5.74, 6) is -0.137. The van der Waals surface area contributed by atoms with Crippen molar-refractivity contribution in [1.82, 2.24) is 10.0 Å². The number of carbonyl (C=O) groups is 1. The molecule has 1 aromatic rings. The molecule has 1 aliphatic rings. The van der Waals surface area contributed by atoms with Gasteiger partial charge in [-0.15, -0.1) is 0 Å². The number of hydrogen-bond acceptors (Lipinski definition) is 5. The number of rotatable bonds is 5. The number of anilines is 1. The minimum Gasteiger partial charge on any atom is -0.378 e. The molecule has 7 nitrogen and oxygen atoms in total. The second-order valence-electron chi connectivity index (χ2n) is 4.71. The number of hydrogen-bond donors (Lipinski definition) is 3. The maximum atomic E-state index is 11.9. The normalized spacial score (nSPS) is 19.2. The molecule has 21 heavy (non-hydrogen) atoms. The number of benzene rings is 1. The molecule has 0 aromatic heterocycles. The zero-order valence-electron chi connectivity index (χ0n) is 11.8. The summed E-state index contributed by atoms with van der Waals surface area (Å²) in [6.45, 7) is 1.93. The lowest BCUT2D eigenvalue weighted by Gasteiger charge is -2.23. The number of morpholine rings is 1. The van der Waals surface area contributed by atoms with E-state index < -0.39 is 10.0 Å². The monoisotopic (exact) mass is 313 g/mol. The Kier molecular flexibility index (Phi) is 5.29. The number of ether oxygens (including phenoxy) is 1. The molecule has 2 rings (SSSR count). The van der Waals surface area contributed by atoms with Crippen molar-refractivity contribution in [2.75, 3.05) is 32.1 Å². The molecule has 1 unspecified atom stereocenters. The number of sulfonamides is 1. The van der Waals surface area contributed by atoms with E-state index in [9.17, 15) is 13.2 Å². The van der Waals surface area contributed by atoms with Crippen LogP contribution in [0.15, 0.2) is 29.2 Å². The van der Waals surface area contributed by atoms with Crippen LogP contribution in [0, 0.1) is 0 Å². The Bertz CT molecular complexity index is 580. The van der Waals surface area contributed by atoms with E-state index in [1.807, 2.05) is 0 Å². The first kappa shape index (κ1) is 15.9. The molecule has 3 N–H and O–H groups in total. The zero-order chi connectivity index (χ0) is 15.3. The molecule has 1 heterocycles. The molecule has 0 saturated carbocycles. The first-order valence-corrected chi connectivity index (χ1v) is 8.14. The molecule has 116 valence electrons. The Morgan fingerprint density at radius 3 is 2.67 bits per heavy atom. The fraction of sp³-hybridized carbons (Fsp3) is 0.462. The molecule has 1 atom stereocenters. The Hall–Kier alpha value is -1.48. The molecule has 0 spiro atoms. The van der Waals surface area contributed by atoms with E-state index in [2.05, 4.69) is 15.4 Å². The van der Waals surface area contributed by atoms with Gasteiger partial charge in [-0.2, -0.15) is 0 Å². The Morgan fingerprint density at radius 2 is 2.10 bits per heavy atom. The van der Waals surface area contributed by atoms with Gasteiger partial charge in [-0.1, -0.05) is 0 Å². The van der Waals surface area contributed by atoms with E-state index in [0.717, 1.165) is 6.54 Å². The van der Waals surface area contributed by atoms with Crippen LogP contribution in [0.4, 0.5) is 5.69 Å². The lowest BCUT2D eigenvalue weighted by molar-refractivity contribution is -0.117. The first-order chi connectivity index (χ1) is 10.0. The van der Waals surface area contributed by atoms with E-state index in [0.29, 0.717) is 25.3 Å². The van der Waals surface area contributed by atoms with Crippen molar-refractivity contribution in [3.05, 3.63) is 24.3 Å². The van der Waals surface area contributed by atoms with E-state index in [4.69, 9.17) is 4.74 Å². The highest BCUT2D eigenvalue weighted by Gasteiger charge is 2.17. The lowest BCUT2D eigenvalue weighted by atomic mass is 10.2. The van der Waals surface area contributed by atoms with Gasteiger partial charge < -0.3 is 15.4 Å². The van der Waals surface area contributed by atoms with Crippen molar-refractivity contribution in [2.45, 2.75) is 17.4 Å². The lowest BCUT2D eigenvalue weighted by Crippen LogP contribution is -2.43. The van der Waals surface area contributed by atoms with E-state index >= 15 is 0 Å². The van der Waals surface area contributed by atoms with Crippen LogP contribution in [0.25, 0.3) is 0 Å². The quantitative estimate of drug-likeness (QED) is 0.706. The smallest absolute Gasteiger partial charge is 0.240 e. The Labute approximate surface area is 124 Å². The molecular formula is C13H19N3O4S. The molecule has 0 aliphatic carbocycles. The van der Waals surface area contributed by atoms with Crippen molar-refractivity contribution in [2.24, 2.45) is 0 Å². The maximum absolute atomic E-state index is 11.9. The minimum atomic E-state index is -3.46. The van der Waals surface area contributed by atoms with Crippen LogP contribution in [0.3, 0.4) is 0 Å². The van der Waals surface area contributed by atoms with Crippen molar-refractivity contribution in [1.29, 1.82) is 0 Å². The van der Waals surface area contributed by atoms with Gasteiger partial charge in [0.25, 0.3) is 0 Å². The summed E-state index contributed by atoms with van der Waals surface area (Å²) >= 11 is 0. The van der Waals surface area contributed by atoms with Crippen LogP contribution < -0.4 is 15.4 Å². The summed E-state index contributed by atoms with van der Waals surface area (Å²) in [5.41, 5.74) is 0.562. The van der Waals surface area contributed by atoms with Gasteiger partial charge in [0.15, 0.2) is 0 Å². The van der Waals surface area contributed by atoms with Crippen LogP contribution in [-0.4, -0.2) is 47.2 Å². The molecule has 0 bridgehead atoms.